The third-order valence-electron chi connectivity index (χ3n) is 2.59. The standard InChI is InChI=1S/C10H15N3O2/c1-3-6-13-10(14)12(2)9(11-13)8-5-4-7-15-8/h3,8H,1,4-7H2,2H3. The molecular formula is C10H15N3O2. The second kappa shape index (κ2) is 4.02. The average Bonchev–Trinajstić information content (AvgIpc) is 2.82. The lowest BCUT2D eigenvalue weighted by Gasteiger charge is -2.06. The van der Waals surface area contributed by atoms with Crippen LogP contribution in [0.3, 0.4) is 0 Å². The number of nitrogens with zero attached hydrogens (tertiary/aromatic N) is 3. The molecule has 5 nitrogen and oxygen atoms in total. The molecule has 1 fully saturated rings. The SMILES string of the molecule is C=CCn1nc(C2CCCO2)n(C)c1=O. The van der Waals surface area contributed by atoms with Crippen LogP contribution in [0.1, 0.15) is 24.8 Å². The zero-order chi connectivity index (χ0) is 10.8. The molecule has 1 aliphatic rings. The van der Waals surface area contributed by atoms with Gasteiger partial charge in [0.1, 0.15) is 6.10 Å². The van der Waals surface area contributed by atoms with Gasteiger partial charge in [0.05, 0.1) is 6.54 Å². The molecule has 2 rings (SSSR count). The van der Waals surface area contributed by atoms with Crippen molar-refractivity contribution in [1.29, 1.82) is 0 Å². The third-order valence-corrected chi connectivity index (χ3v) is 2.59. The molecule has 0 bridgehead atoms. The summed E-state index contributed by atoms with van der Waals surface area (Å²) in [6, 6.07) is 0. The second-order valence-electron chi connectivity index (χ2n) is 3.67. The Bertz CT molecular complexity index is 413. The number of hydrogen-bond donors (Lipinski definition) is 0. The normalized spacial score (nSPS) is 20.7. The van der Waals surface area contributed by atoms with E-state index in [4.69, 9.17) is 4.74 Å². The Hall–Kier alpha value is -1.36. The number of hydrogen-bond acceptors (Lipinski definition) is 3. The Kier molecular flexibility index (Phi) is 2.73. The number of allylic oxidation sites excluding steroid dienone is 1. The van der Waals surface area contributed by atoms with Gasteiger partial charge in [-0.3, -0.25) is 4.57 Å². The third kappa shape index (κ3) is 1.74. The van der Waals surface area contributed by atoms with E-state index >= 15 is 0 Å². The smallest absolute Gasteiger partial charge is 0.346 e. The fraction of sp³-hybridized carbons (Fsp3) is 0.600. The lowest BCUT2D eigenvalue weighted by atomic mass is 10.2. The molecule has 2 heterocycles. The summed E-state index contributed by atoms with van der Waals surface area (Å²) in [4.78, 5) is 11.7. The van der Waals surface area contributed by atoms with Crippen LogP contribution >= 0.6 is 0 Å². The van der Waals surface area contributed by atoms with Crippen molar-refractivity contribution in [2.24, 2.45) is 7.05 Å². The Morgan fingerprint density at radius 1 is 1.73 bits per heavy atom. The predicted octanol–water partition coefficient (Wildman–Crippen LogP) is 0.619. The van der Waals surface area contributed by atoms with E-state index < -0.39 is 0 Å². The average molecular weight is 209 g/mol. The van der Waals surface area contributed by atoms with E-state index in [0.717, 1.165) is 25.3 Å². The number of aromatic nitrogens is 3. The molecule has 1 aliphatic heterocycles. The summed E-state index contributed by atoms with van der Waals surface area (Å²) in [5.41, 5.74) is -0.111. The van der Waals surface area contributed by atoms with Crippen molar-refractivity contribution in [3.63, 3.8) is 0 Å². The van der Waals surface area contributed by atoms with Crippen LogP contribution in [-0.4, -0.2) is 21.0 Å². The summed E-state index contributed by atoms with van der Waals surface area (Å²) in [7, 11) is 1.73. The Morgan fingerprint density at radius 2 is 2.53 bits per heavy atom. The molecule has 82 valence electrons. The Labute approximate surface area is 88.0 Å². The van der Waals surface area contributed by atoms with E-state index in [9.17, 15) is 4.79 Å². The fourth-order valence-electron chi connectivity index (χ4n) is 1.81. The van der Waals surface area contributed by atoms with Gasteiger partial charge in [0.15, 0.2) is 5.82 Å². The fourth-order valence-corrected chi connectivity index (χ4v) is 1.81. The van der Waals surface area contributed by atoms with Gasteiger partial charge in [-0.1, -0.05) is 6.08 Å². The van der Waals surface area contributed by atoms with Crippen molar-refractivity contribution >= 4 is 0 Å². The summed E-state index contributed by atoms with van der Waals surface area (Å²) >= 11 is 0. The zero-order valence-electron chi connectivity index (χ0n) is 8.85. The van der Waals surface area contributed by atoms with Crippen LogP contribution in [0.4, 0.5) is 0 Å². The lowest BCUT2D eigenvalue weighted by Crippen LogP contribution is -2.23. The van der Waals surface area contributed by atoms with Gasteiger partial charge >= 0.3 is 5.69 Å². The highest BCUT2D eigenvalue weighted by atomic mass is 16.5. The minimum Gasteiger partial charge on any atom is -0.370 e. The highest BCUT2D eigenvalue weighted by molar-refractivity contribution is 4.94. The molecule has 5 heteroatoms. The monoisotopic (exact) mass is 209 g/mol. The molecule has 0 amide bonds. The maximum Gasteiger partial charge on any atom is 0.346 e. The Morgan fingerprint density at radius 3 is 3.13 bits per heavy atom. The quantitative estimate of drug-likeness (QED) is 0.686. The molecule has 0 saturated carbocycles. The lowest BCUT2D eigenvalue weighted by molar-refractivity contribution is 0.102. The van der Waals surface area contributed by atoms with Crippen LogP contribution in [-0.2, 0) is 18.3 Å². The molecular weight excluding hydrogens is 194 g/mol. The van der Waals surface area contributed by atoms with Crippen LogP contribution in [0.5, 0.6) is 0 Å². The van der Waals surface area contributed by atoms with Gasteiger partial charge < -0.3 is 4.74 Å². The first-order valence-corrected chi connectivity index (χ1v) is 5.10. The molecule has 1 atom stereocenters. The zero-order valence-corrected chi connectivity index (χ0v) is 8.85. The number of rotatable bonds is 3. The molecule has 1 aromatic heterocycles. The molecule has 0 N–H and O–H groups in total. The number of ether oxygens (including phenoxy) is 1. The predicted molar refractivity (Wildman–Crippen MR) is 55.6 cm³/mol. The first-order chi connectivity index (χ1) is 7.24. The molecule has 1 aromatic rings. The van der Waals surface area contributed by atoms with Crippen molar-refractivity contribution in [2.45, 2.75) is 25.5 Å². The van der Waals surface area contributed by atoms with Gasteiger partial charge in [0.25, 0.3) is 0 Å². The molecule has 1 unspecified atom stereocenters. The van der Waals surface area contributed by atoms with Crippen LogP contribution in [0.15, 0.2) is 17.4 Å². The maximum atomic E-state index is 11.7. The van der Waals surface area contributed by atoms with Crippen molar-refractivity contribution in [3.05, 3.63) is 29.0 Å². The van der Waals surface area contributed by atoms with Crippen LogP contribution < -0.4 is 5.69 Å². The van der Waals surface area contributed by atoms with Gasteiger partial charge in [-0.2, -0.15) is 5.10 Å². The van der Waals surface area contributed by atoms with Crippen LogP contribution in [0, 0.1) is 0 Å². The minimum atomic E-state index is -0.111. The van der Waals surface area contributed by atoms with Crippen LogP contribution in [0.2, 0.25) is 0 Å². The van der Waals surface area contributed by atoms with E-state index in [2.05, 4.69) is 11.7 Å². The van der Waals surface area contributed by atoms with Crippen molar-refractivity contribution in [1.82, 2.24) is 14.3 Å². The molecule has 1 saturated heterocycles. The molecule has 15 heavy (non-hydrogen) atoms. The van der Waals surface area contributed by atoms with E-state index in [1.54, 1.807) is 17.7 Å². The van der Waals surface area contributed by atoms with E-state index in [1.165, 1.54) is 4.68 Å². The topological polar surface area (TPSA) is 49.0 Å². The Balaban J connectivity index is 2.35. The summed E-state index contributed by atoms with van der Waals surface area (Å²) in [5.74, 6) is 0.722. The molecule has 0 radical (unpaired) electrons. The first kappa shape index (κ1) is 10.2. The van der Waals surface area contributed by atoms with Crippen molar-refractivity contribution < 1.29 is 4.74 Å². The van der Waals surface area contributed by atoms with E-state index in [0.29, 0.717) is 6.54 Å². The summed E-state index contributed by atoms with van der Waals surface area (Å²) in [6.07, 6.45) is 3.62. The van der Waals surface area contributed by atoms with Gasteiger partial charge in [-0.25, -0.2) is 9.48 Å². The van der Waals surface area contributed by atoms with Gasteiger partial charge in [0.2, 0.25) is 0 Å². The van der Waals surface area contributed by atoms with Gasteiger partial charge in [-0.05, 0) is 12.8 Å². The van der Waals surface area contributed by atoms with E-state index in [1.807, 2.05) is 0 Å². The minimum absolute atomic E-state index is 0.0197. The maximum absolute atomic E-state index is 11.7. The largest absolute Gasteiger partial charge is 0.370 e. The summed E-state index contributed by atoms with van der Waals surface area (Å²) in [5, 5.41) is 4.25. The van der Waals surface area contributed by atoms with Gasteiger partial charge in [-0.15, -0.1) is 6.58 Å². The van der Waals surface area contributed by atoms with Crippen molar-refractivity contribution in [3.8, 4) is 0 Å². The van der Waals surface area contributed by atoms with E-state index in [-0.39, 0.29) is 11.8 Å². The summed E-state index contributed by atoms with van der Waals surface area (Å²) < 4.78 is 8.47. The van der Waals surface area contributed by atoms with Gasteiger partial charge in [0, 0.05) is 13.7 Å². The second-order valence-corrected chi connectivity index (χ2v) is 3.67. The molecule has 0 aromatic carbocycles. The summed E-state index contributed by atoms with van der Waals surface area (Å²) in [6.45, 7) is 4.79. The first-order valence-electron chi connectivity index (χ1n) is 5.10. The molecule has 0 spiro atoms. The highest BCUT2D eigenvalue weighted by Gasteiger charge is 2.24. The van der Waals surface area contributed by atoms with Crippen molar-refractivity contribution in [2.75, 3.05) is 6.61 Å². The van der Waals surface area contributed by atoms with Crippen LogP contribution in [0.25, 0.3) is 0 Å². The highest BCUT2D eigenvalue weighted by Crippen LogP contribution is 2.25. The molecule has 0 aliphatic carbocycles.